The molecule has 2 amide bonds. The van der Waals surface area contributed by atoms with E-state index in [-0.39, 0.29) is 39.9 Å². The molecule has 6 heterocycles. The molecule has 0 saturated heterocycles. The minimum absolute atomic E-state index is 0. The third kappa shape index (κ3) is 15.4. The zero-order valence-corrected chi connectivity index (χ0v) is 42.5. The smallest absolute Gasteiger partial charge is 0.251 e. The predicted octanol–water partition coefficient (Wildman–Crippen LogP) is 10.5. The van der Waals surface area contributed by atoms with Crippen LogP contribution in [0.25, 0.3) is 16.9 Å². The van der Waals surface area contributed by atoms with Crippen molar-refractivity contribution in [3.63, 3.8) is 0 Å². The maximum absolute atomic E-state index is 12.2. The second-order valence-electron chi connectivity index (χ2n) is 15.8. The molecule has 9 aromatic rings. The first-order chi connectivity index (χ1) is 34.5. The number of ketones is 1. The van der Waals surface area contributed by atoms with Gasteiger partial charge in [0.2, 0.25) is 0 Å². The lowest BCUT2D eigenvalue weighted by Gasteiger charge is -2.06. The summed E-state index contributed by atoms with van der Waals surface area (Å²) in [7, 11) is 0. The van der Waals surface area contributed by atoms with E-state index in [0.29, 0.717) is 41.2 Å². The Morgan fingerprint density at radius 1 is 0.486 bits per heavy atom. The molecule has 9 rings (SSSR count). The number of imidazole rings is 3. The molecular formula is C58H59Br2N11O3. The van der Waals surface area contributed by atoms with Crippen molar-refractivity contribution in [2.45, 2.75) is 62.8 Å². The van der Waals surface area contributed by atoms with Crippen molar-refractivity contribution in [2.24, 2.45) is 0 Å². The number of alkyl halides is 2. The van der Waals surface area contributed by atoms with Crippen molar-refractivity contribution in [3.05, 3.63) is 195 Å². The number of hydrogen-bond acceptors (Lipinski definition) is 9. The molecule has 6 aromatic heterocycles. The first-order valence-corrected chi connectivity index (χ1v) is 24.7. The van der Waals surface area contributed by atoms with E-state index in [0.717, 1.165) is 79.5 Å². The maximum Gasteiger partial charge on any atom is 0.251 e. The molecule has 14 nitrogen and oxygen atoms in total. The van der Waals surface area contributed by atoms with Crippen molar-refractivity contribution in [3.8, 4) is 35.5 Å². The van der Waals surface area contributed by atoms with Crippen LogP contribution in [0.5, 0.6) is 0 Å². The molecule has 0 bridgehead atoms. The zero-order valence-electron chi connectivity index (χ0n) is 39.4. The average Bonchev–Trinajstić information content (AvgIpc) is 4.13. The highest BCUT2D eigenvalue weighted by Gasteiger charge is 2.10. The summed E-state index contributed by atoms with van der Waals surface area (Å²) >= 11 is 6.70. The van der Waals surface area contributed by atoms with E-state index in [4.69, 9.17) is 0 Å². The molecule has 0 spiro atoms. The minimum atomic E-state index is -0.0829. The summed E-state index contributed by atoms with van der Waals surface area (Å²) in [5.41, 5.74) is 11.9. The van der Waals surface area contributed by atoms with Gasteiger partial charge in [-0.05, 0) is 142 Å². The van der Waals surface area contributed by atoms with Gasteiger partial charge in [-0.1, -0.05) is 96.2 Å². The molecule has 74 heavy (non-hydrogen) atoms. The van der Waals surface area contributed by atoms with Gasteiger partial charge in [0.25, 0.3) is 11.8 Å². The second kappa shape index (κ2) is 28.7. The third-order valence-corrected chi connectivity index (χ3v) is 11.8. The SMILES string of the molecule is C.C.C.CC(=O)c1ccc(C)c(C#Cc2cnc3cccnn23)c1.Cc1ccc(C(=O)NCCCBr)cc1C#Cc1cnc2cccnn12.Cc1ccc(C(=O)NCCCBr)cc1C#Cc1cnc2cccnn12. The average molecular weight is 1120 g/mol. The Morgan fingerprint density at radius 2 is 0.811 bits per heavy atom. The number of Topliss-reactive ketones (excluding diaryl/α,β-unsaturated/α-hetero) is 1. The molecule has 0 unspecified atom stereocenters. The Morgan fingerprint density at radius 3 is 1.14 bits per heavy atom. The number of aromatic nitrogens is 9. The van der Waals surface area contributed by atoms with Crippen LogP contribution in [0.4, 0.5) is 0 Å². The first kappa shape index (κ1) is 58.3. The van der Waals surface area contributed by atoms with Gasteiger partial charge in [-0.15, -0.1) is 0 Å². The largest absolute Gasteiger partial charge is 0.352 e. The fourth-order valence-corrected chi connectivity index (χ4v) is 7.21. The summed E-state index contributed by atoms with van der Waals surface area (Å²) in [6, 6.07) is 27.8. The van der Waals surface area contributed by atoms with Crippen LogP contribution in [-0.2, 0) is 0 Å². The normalized spacial score (nSPS) is 9.86. The van der Waals surface area contributed by atoms with Crippen LogP contribution in [0.2, 0.25) is 0 Å². The summed E-state index contributed by atoms with van der Waals surface area (Å²) in [5, 5.41) is 20.2. The van der Waals surface area contributed by atoms with Gasteiger partial charge in [0.05, 0.1) is 18.6 Å². The number of benzene rings is 3. The molecule has 16 heteroatoms. The number of carbonyl (C=O) groups is 3. The fourth-order valence-electron chi connectivity index (χ4n) is 6.65. The van der Waals surface area contributed by atoms with Crippen LogP contribution in [0, 0.1) is 56.3 Å². The second-order valence-corrected chi connectivity index (χ2v) is 17.4. The zero-order chi connectivity index (χ0) is 50.1. The number of carbonyl (C=O) groups excluding carboxylic acids is 3. The van der Waals surface area contributed by atoms with Crippen molar-refractivity contribution in [1.29, 1.82) is 0 Å². The number of hydrogen-bond donors (Lipinski definition) is 2. The highest BCUT2D eigenvalue weighted by atomic mass is 79.9. The van der Waals surface area contributed by atoms with Crippen LogP contribution in [0.1, 0.15) is 124 Å². The lowest BCUT2D eigenvalue weighted by atomic mass is 10.0. The fraction of sp³-hybridized carbons (Fsp3) is 0.224. The van der Waals surface area contributed by atoms with Gasteiger partial charge in [-0.2, -0.15) is 15.3 Å². The Bertz CT molecular complexity index is 3420. The molecule has 0 atom stereocenters. The topological polar surface area (TPSA) is 166 Å². The molecular weight excluding hydrogens is 1060 g/mol. The Labute approximate surface area is 450 Å². The van der Waals surface area contributed by atoms with Crippen molar-refractivity contribution >= 4 is 66.4 Å². The number of nitrogens with one attached hydrogen (secondary N) is 2. The summed E-state index contributed by atoms with van der Waals surface area (Å²) < 4.78 is 5.08. The highest BCUT2D eigenvalue weighted by Crippen LogP contribution is 2.14. The van der Waals surface area contributed by atoms with E-state index < -0.39 is 0 Å². The standard InChI is InChI=1S/2C19H17BrN4O.C17H13N3O.3CH4/c2*1-14-5-6-16(19(25)21-10-3-9-20)12-15(14)7-8-17-13-22-18-4-2-11-23-24(17)18;1-12-5-6-15(13(2)21)10-14(12)7-8-16-11-18-17-4-3-9-19-20(16)17;;;/h2*2,4-6,11-13H,3,9-10H2,1H3,(H,21,25);3-6,9-11H,1-2H3;3*1H4. The number of halogens is 2. The predicted molar refractivity (Wildman–Crippen MR) is 302 cm³/mol. The Kier molecular flexibility index (Phi) is 22.6. The van der Waals surface area contributed by atoms with Crippen LogP contribution in [0.15, 0.2) is 128 Å². The lowest BCUT2D eigenvalue weighted by molar-refractivity contribution is 0.0945. The minimum Gasteiger partial charge on any atom is -0.352 e. The molecule has 0 fully saturated rings. The molecule has 0 aliphatic heterocycles. The van der Waals surface area contributed by atoms with E-state index in [1.54, 1.807) is 57.7 Å². The van der Waals surface area contributed by atoms with Crippen LogP contribution in [0.3, 0.4) is 0 Å². The number of aryl methyl sites for hydroxylation is 3. The molecule has 0 radical (unpaired) electrons. The molecule has 0 aliphatic carbocycles. The first-order valence-electron chi connectivity index (χ1n) is 22.5. The number of fused-ring (bicyclic) bond motifs is 3. The summed E-state index contributed by atoms with van der Waals surface area (Å²) in [4.78, 5) is 48.6. The Balaban J connectivity index is 0.000000237. The number of nitrogens with zero attached hydrogens (tertiary/aromatic N) is 9. The maximum atomic E-state index is 12.2. The summed E-state index contributed by atoms with van der Waals surface area (Å²) in [5.74, 6) is 18.5. The van der Waals surface area contributed by atoms with E-state index >= 15 is 0 Å². The lowest BCUT2D eigenvalue weighted by Crippen LogP contribution is -2.24. The summed E-state index contributed by atoms with van der Waals surface area (Å²) in [6.45, 7) is 8.77. The molecule has 378 valence electrons. The summed E-state index contributed by atoms with van der Waals surface area (Å²) in [6.07, 6.45) is 12.0. The number of rotatable bonds is 9. The third-order valence-electron chi connectivity index (χ3n) is 10.6. The van der Waals surface area contributed by atoms with Crippen molar-refractivity contribution in [2.75, 3.05) is 23.7 Å². The number of amides is 2. The van der Waals surface area contributed by atoms with Gasteiger partial charge in [0, 0.05) is 75.7 Å². The van der Waals surface area contributed by atoms with Gasteiger partial charge in [-0.25, -0.2) is 28.5 Å². The molecule has 0 aliphatic rings. The quantitative estimate of drug-likeness (QED) is 0.0619. The molecule has 2 N–H and O–H groups in total. The van der Waals surface area contributed by atoms with Gasteiger partial charge in [0.15, 0.2) is 22.7 Å². The Hall–Kier alpha value is -8.23. The van der Waals surface area contributed by atoms with E-state index in [9.17, 15) is 14.4 Å². The van der Waals surface area contributed by atoms with Gasteiger partial charge < -0.3 is 10.6 Å². The van der Waals surface area contributed by atoms with Crippen LogP contribution >= 0.6 is 31.9 Å². The molecule has 3 aromatic carbocycles. The van der Waals surface area contributed by atoms with E-state index in [1.807, 2.05) is 112 Å². The van der Waals surface area contributed by atoms with Crippen molar-refractivity contribution < 1.29 is 14.4 Å². The highest BCUT2D eigenvalue weighted by molar-refractivity contribution is 9.09. The van der Waals surface area contributed by atoms with Gasteiger partial charge >= 0.3 is 0 Å². The van der Waals surface area contributed by atoms with Crippen molar-refractivity contribution in [1.82, 2.24) is 54.4 Å². The van der Waals surface area contributed by atoms with E-state index in [2.05, 4.69) is 108 Å². The molecule has 0 saturated carbocycles. The van der Waals surface area contributed by atoms with Crippen LogP contribution < -0.4 is 10.6 Å². The van der Waals surface area contributed by atoms with Gasteiger partial charge in [-0.3, -0.25) is 14.4 Å². The van der Waals surface area contributed by atoms with Crippen LogP contribution in [-0.4, -0.2) is 85.1 Å². The van der Waals surface area contributed by atoms with E-state index in [1.165, 1.54) is 0 Å². The van der Waals surface area contributed by atoms with Gasteiger partial charge in [0.1, 0.15) is 17.1 Å². The monoisotopic (exact) mass is 1120 g/mol.